The van der Waals surface area contributed by atoms with Crippen molar-refractivity contribution in [2.45, 2.75) is 19.0 Å². The van der Waals surface area contributed by atoms with E-state index in [2.05, 4.69) is 10.4 Å². The Kier molecular flexibility index (Phi) is 6.16. The van der Waals surface area contributed by atoms with Crippen LogP contribution in [-0.4, -0.2) is 41.2 Å². The van der Waals surface area contributed by atoms with Crippen LogP contribution in [0.1, 0.15) is 18.0 Å². The lowest BCUT2D eigenvalue weighted by Gasteiger charge is -2.25. The Morgan fingerprint density at radius 1 is 1.21 bits per heavy atom. The molecule has 0 radical (unpaired) electrons. The molecule has 0 bridgehead atoms. The van der Waals surface area contributed by atoms with E-state index in [4.69, 9.17) is 0 Å². The standard InChI is InChI=1S/C21H23FN4O2/c1-25(2)19(15-6-5-7-16(22)12-15)13-23-21(28)10-11-26-18-9-4-3-8-17(18)20(27)14-24-26/h3-9,12,14,19H,10-11,13H2,1-2H3,(H,23,28). The number of nitrogens with one attached hydrogen (secondary N) is 1. The third-order valence-electron chi connectivity index (χ3n) is 4.66. The van der Waals surface area contributed by atoms with Crippen molar-refractivity contribution in [1.82, 2.24) is 20.0 Å². The van der Waals surface area contributed by atoms with Gasteiger partial charge in [0, 0.05) is 18.4 Å². The second-order valence-electron chi connectivity index (χ2n) is 6.84. The highest BCUT2D eigenvalue weighted by Gasteiger charge is 2.16. The molecule has 28 heavy (non-hydrogen) atoms. The minimum Gasteiger partial charge on any atom is -0.354 e. The molecule has 7 heteroatoms. The van der Waals surface area contributed by atoms with Gasteiger partial charge in [-0.1, -0.05) is 24.3 Å². The monoisotopic (exact) mass is 382 g/mol. The zero-order valence-electron chi connectivity index (χ0n) is 15.9. The van der Waals surface area contributed by atoms with Gasteiger partial charge in [0.15, 0.2) is 0 Å². The maximum absolute atomic E-state index is 13.5. The summed E-state index contributed by atoms with van der Waals surface area (Å²) in [5.74, 6) is -0.431. The number of carbonyl (C=O) groups excluding carboxylic acids is 1. The zero-order chi connectivity index (χ0) is 20.1. The Morgan fingerprint density at radius 2 is 2.00 bits per heavy atom. The topological polar surface area (TPSA) is 67.2 Å². The van der Waals surface area contributed by atoms with Crippen molar-refractivity contribution in [2.24, 2.45) is 0 Å². The molecule has 0 spiro atoms. The Labute approximate surface area is 162 Å². The number of benzene rings is 2. The molecule has 6 nitrogen and oxygen atoms in total. The second-order valence-corrected chi connectivity index (χ2v) is 6.84. The number of likely N-dealkylation sites (N-methyl/N-ethyl adjacent to an activating group) is 1. The molecule has 1 aromatic heterocycles. The van der Waals surface area contributed by atoms with E-state index in [1.807, 2.05) is 37.2 Å². The minimum atomic E-state index is -0.299. The largest absolute Gasteiger partial charge is 0.354 e. The molecule has 0 saturated heterocycles. The minimum absolute atomic E-state index is 0.132. The molecule has 0 saturated carbocycles. The Morgan fingerprint density at radius 3 is 2.75 bits per heavy atom. The number of halogens is 1. The molecule has 3 rings (SSSR count). The van der Waals surface area contributed by atoms with Gasteiger partial charge in [-0.15, -0.1) is 0 Å². The number of hydrogen-bond acceptors (Lipinski definition) is 4. The smallest absolute Gasteiger partial charge is 0.221 e. The van der Waals surface area contributed by atoms with Gasteiger partial charge in [0.25, 0.3) is 0 Å². The van der Waals surface area contributed by atoms with E-state index in [9.17, 15) is 14.0 Å². The zero-order valence-corrected chi connectivity index (χ0v) is 15.9. The lowest BCUT2D eigenvalue weighted by atomic mass is 10.1. The fourth-order valence-electron chi connectivity index (χ4n) is 3.16. The van der Waals surface area contributed by atoms with Crippen LogP contribution in [0.15, 0.2) is 59.5 Å². The van der Waals surface area contributed by atoms with Crippen LogP contribution >= 0.6 is 0 Å². The van der Waals surface area contributed by atoms with Crippen molar-refractivity contribution in [3.63, 3.8) is 0 Å². The number of fused-ring (bicyclic) bond motifs is 1. The summed E-state index contributed by atoms with van der Waals surface area (Å²) >= 11 is 0. The lowest BCUT2D eigenvalue weighted by molar-refractivity contribution is -0.121. The van der Waals surface area contributed by atoms with E-state index in [0.717, 1.165) is 5.56 Å². The van der Waals surface area contributed by atoms with Crippen molar-refractivity contribution in [3.05, 3.63) is 76.3 Å². The van der Waals surface area contributed by atoms with E-state index in [1.165, 1.54) is 18.3 Å². The molecule has 0 aliphatic rings. The quantitative estimate of drug-likeness (QED) is 0.681. The summed E-state index contributed by atoms with van der Waals surface area (Å²) in [4.78, 5) is 26.2. The average molecular weight is 382 g/mol. The highest BCUT2D eigenvalue weighted by atomic mass is 19.1. The van der Waals surface area contributed by atoms with Crippen LogP contribution in [0.25, 0.3) is 10.9 Å². The molecule has 146 valence electrons. The Bertz CT molecular complexity index is 1030. The third kappa shape index (κ3) is 4.61. The van der Waals surface area contributed by atoms with E-state index in [-0.39, 0.29) is 29.6 Å². The number of nitrogens with zero attached hydrogens (tertiary/aromatic N) is 3. The molecular formula is C21H23FN4O2. The highest BCUT2D eigenvalue weighted by Crippen LogP contribution is 2.18. The van der Waals surface area contributed by atoms with Gasteiger partial charge >= 0.3 is 0 Å². The molecule has 1 unspecified atom stereocenters. The van der Waals surface area contributed by atoms with E-state index >= 15 is 0 Å². The van der Waals surface area contributed by atoms with Gasteiger partial charge in [-0.2, -0.15) is 5.10 Å². The predicted octanol–water partition coefficient (Wildman–Crippen LogP) is 2.34. The van der Waals surface area contributed by atoms with Crippen LogP contribution < -0.4 is 10.7 Å². The molecule has 0 aliphatic carbocycles. The average Bonchev–Trinajstić information content (AvgIpc) is 2.68. The van der Waals surface area contributed by atoms with Crippen LogP contribution in [0.4, 0.5) is 4.39 Å². The van der Waals surface area contributed by atoms with Crippen LogP contribution in [-0.2, 0) is 11.3 Å². The molecule has 1 amide bonds. The fourth-order valence-corrected chi connectivity index (χ4v) is 3.16. The second kappa shape index (κ2) is 8.75. The first-order chi connectivity index (χ1) is 13.5. The van der Waals surface area contributed by atoms with Crippen molar-refractivity contribution in [2.75, 3.05) is 20.6 Å². The summed E-state index contributed by atoms with van der Waals surface area (Å²) in [5, 5.41) is 7.62. The number of hydrogen-bond donors (Lipinski definition) is 1. The Hall–Kier alpha value is -3.06. The Balaban J connectivity index is 1.63. The van der Waals surface area contributed by atoms with Gasteiger partial charge in [0.2, 0.25) is 11.3 Å². The molecule has 2 aromatic carbocycles. The first-order valence-electron chi connectivity index (χ1n) is 9.09. The molecule has 0 aliphatic heterocycles. The summed E-state index contributed by atoms with van der Waals surface area (Å²) < 4.78 is 15.2. The molecule has 0 fully saturated rings. The molecule has 3 aromatic rings. The summed E-state index contributed by atoms with van der Waals surface area (Å²) in [6.07, 6.45) is 1.50. The molecule has 1 heterocycles. The SMILES string of the molecule is CN(C)C(CNC(=O)CCn1ncc(=O)c2ccccc21)c1cccc(F)c1. The number of aryl methyl sites for hydroxylation is 1. The number of para-hydroxylation sites is 1. The maximum Gasteiger partial charge on any atom is 0.221 e. The highest BCUT2D eigenvalue weighted by molar-refractivity contribution is 5.79. The molecule has 1 atom stereocenters. The van der Waals surface area contributed by atoms with Gasteiger partial charge in [0.05, 0.1) is 24.3 Å². The van der Waals surface area contributed by atoms with Crippen LogP contribution in [0.2, 0.25) is 0 Å². The van der Waals surface area contributed by atoms with E-state index < -0.39 is 0 Å². The van der Waals surface area contributed by atoms with Gasteiger partial charge in [-0.25, -0.2) is 4.39 Å². The van der Waals surface area contributed by atoms with Gasteiger partial charge < -0.3 is 10.2 Å². The van der Waals surface area contributed by atoms with E-state index in [0.29, 0.717) is 24.0 Å². The maximum atomic E-state index is 13.5. The van der Waals surface area contributed by atoms with Crippen molar-refractivity contribution < 1.29 is 9.18 Å². The summed E-state index contributed by atoms with van der Waals surface area (Å²) in [5.41, 5.74) is 1.37. The van der Waals surface area contributed by atoms with Crippen molar-refractivity contribution in [1.29, 1.82) is 0 Å². The normalized spacial score (nSPS) is 12.3. The molecular weight excluding hydrogens is 359 g/mol. The van der Waals surface area contributed by atoms with E-state index in [1.54, 1.807) is 22.9 Å². The summed E-state index contributed by atoms with van der Waals surface area (Å²) in [7, 11) is 3.77. The third-order valence-corrected chi connectivity index (χ3v) is 4.66. The van der Waals surface area contributed by atoms with Crippen LogP contribution in [0.3, 0.4) is 0 Å². The number of aromatic nitrogens is 2. The van der Waals surface area contributed by atoms with Crippen LogP contribution in [0, 0.1) is 5.82 Å². The van der Waals surface area contributed by atoms with Crippen LogP contribution in [0.5, 0.6) is 0 Å². The summed E-state index contributed by atoms with van der Waals surface area (Å²) in [6, 6.07) is 13.4. The summed E-state index contributed by atoms with van der Waals surface area (Å²) in [6.45, 7) is 0.729. The lowest BCUT2D eigenvalue weighted by Crippen LogP contribution is -2.35. The van der Waals surface area contributed by atoms with Gasteiger partial charge in [0.1, 0.15) is 5.82 Å². The first-order valence-corrected chi connectivity index (χ1v) is 9.09. The fraction of sp³-hybridized carbons (Fsp3) is 0.286. The number of amides is 1. The number of carbonyl (C=O) groups is 1. The predicted molar refractivity (Wildman–Crippen MR) is 106 cm³/mol. The van der Waals surface area contributed by atoms with Gasteiger partial charge in [-0.05, 0) is 43.9 Å². The number of rotatable bonds is 7. The first kappa shape index (κ1) is 19.7. The van der Waals surface area contributed by atoms with Gasteiger partial charge in [-0.3, -0.25) is 14.3 Å². The van der Waals surface area contributed by atoms with Crippen molar-refractivity contribution >= 4 is 16.8 Å². The molecule has 1 N–H and O–H groups in total. The van der Waals surface area contributed by atoms with Crippen molar-refractivity contribution in [3.8, 4) is 0 Å².